The molecule has 0 saturated carbocycles. The van der Waals surface area contributed by atoms with E-state index in [1.54, 1.807) is 6.92 Å². The van der Waals surface area contributed by atoms with Gasteiger partial charge in [0.25, 0.3) is 0 Å². The van der Waals surface area contributed by atoms with Crippen LogP contribution in [0.1, 0.15) is 33.1 Å². The Bertz CT molecular complexity index is 128. The molecule has 0 saturated heterocycles. The number of allylic oxidation sites excluding steroid dienone is 2. The van der Waals surface area contributed by atoms with Crippen LogP contribution < -0.4 is 0 Å². The Morgan fingerprint density at radius 3 is 2.82 bits per heavy atom. The van der Waals surface area contributed by atoms with Crippen molar-refractivity contribution in [3.63, 3.8) is 0 Å². The van der Waals surface area contributed by atoms with Crippen molar-refractivity contribution >= 4 is 5.97 Å². The first-order valence-corrected chi connectivity index (χ1v) is 4.08. The molecule has 0 radical (unpaired) electrons. The number of carbonyl (C=O) groups is 1. The minimum absolute atomic E-state index is 0.106. The second-order valence-corrected chi connectivity index (χ2v) is 2.29. The SMILES string of the molecule is CC=CCCCOC(=O)CC. The standard InChI is InChI=1S/C9H16O2/c1-3-5-6-7-8-11-9(10)4-2/h3,5H,4,6-8H2,1-2H3. The molecule has 0 aromatic carbocycles. The van der Waals surface area contributed by atoms with Crippen LogP contribution in [-0.4, -0.2) is 12.6 Å². The van der Waals surface area contributed by atoms with Crippen molar-refractivity contribution in [3.05, 3.63) is 12.2 Å². The van der Waals surface area contributed by atoms with Gasteiger partial charge in [-0.3, -0.25) is 4.79 Å². The quantitative estimate of drug-likeness (QED) is 0.347. The lowest BCUT2D eigenvalue weighted by Gasteiger charge is -1.99. The molecule has 0 atom stereocenters. The van der Waals surface area contributed by atoms with E-state index in [0.29, 0.717) is 13.0 Å². The normalized spacial score (nSPS) is 10.4. The van der Waals surface area contributed by atoms with Gasteiger partial charge in [0.1, 0.15) is 0 Å². The summed E-state index contributed by atoms with van der Waals surface area (Å²) in [4.78, 5) is 10.6. The van der Waals surface area contributed by atoms with Gasteiger partial charge in [0.2, 0.25) is 0 Å². The zero-order chi connectivity index (χ0) is 8.53. The Hall–Kier alpha value is -0.790. The monoisotopic (exact) mass is 156 g/mol. The molecule has 0 N–H and O–H groups in total. The molecule has 64 valence electrons. The van der Waals surface area contributed by atoms with Crippen molar-refractivity contribution < 1.29 is 9.53 Å². The molecule has 2 heteroatoms. The zero-order valence-electron chi connectivity index (χ0n) is 7.30. The summed E-state index contributed by atoms with van der Waals surface area (Å²) < 4.78 is 4.86. The van der Waals surface area contributed by atoms with E-state index in [4.69, 9.17) is 4.74 Å². The second-order valence-electron chi connectivity index (χ2n) is 2.29. The van der Waals surface area contributed by atoms with Crippen molar-refractivity contribution in [2.75, 3.05) is 6.61 Å². The molecule has 11 heavy (non-hydrogen) atoms. The third-order valence-corrected chi connectivity index (χ3v) is 1.30. The molecule has 2 nitrogen and oxygen atoms in total. The predicted molar refractivity (Wildman–Crippen MR) is 45.3 cm³/mol. The van der Waals surface area contributed by atoms with E-state index < -0.39 is 0 Å². The lowest BCUT2D eigenvalue weighted by molar-refractivity contribution is -0.143. The lowest BCUT2D eigenvalue weighted by atomic mass is 10.3. The first-order chi connectivity index (χ1) is 5.31. The Kier molecular flexibility index (Phi) is 6.79. The molecular formula is C9H16O2. The van der Waals surface area contributed by atoms with E-state index in [1.807, 2.05) is 13.0 Å². The Morgan fingerprint density at radius 1 is 1.55 bits per heavy atom. The Labute approximate surface area is 68.2 Å². The first kappa shape index (κ1) is 10.2. The molecule has 0 aliphatic carbocycles. The van der Waals surface area contributed by atoms with Gasteiger partial charge in [0, 0.05) is 6.42 Å². The molecule has 0 aliphatic heterocycles. The summed E-state index contributed by atoms with van der Waals surface area (Å²) in [5, 5.41) is 0. The molecule has 0 bridgehead atoms. The smallest absolute Gasteiger partial charge is 0.305 e. The van der Waals surface area contributed by atoms with Crippen LogP contribution in [0.4, 0.5) is 0 Å². The van der Waals surface area contributed by atoms with Crippen molar-refractivity contribution in [2.24, 2.45) is 0 Å². The van der Waals surface area contributed by atoms with Gasteiger partial charge in [0.15, 0.2) is 0 Å². The van der Waals surface area contributed by atoms with E-state index in [1.165, 1.54) is 0 Å². The van der Waals surface area contributed by atoms with Gasteiger partial charge in [-0.2, -0.15) is 0 Å². The van der Waals surface area contributed by atoms with E-state index in [2.05, 4.69) is 6.08 Å². The number of rotatable bonds is 5. The van der Waals surface area contributed by atoms with E-state index in [-0.39, 0.29) is 5.97 Å². The molecule has 0 amide bonds. The molecule has 0 aliphatic rings. The van der Waals surface area contributed by atoms with Crippen molar-refractivity contribution in [1.29, 1.82) is 0 Å². The maximum absolute atomic E-state index is 10.6. The van der Waals surface area contributed by atoms with Crippen LogP contribution in [0.25, 0.3) is 0 Å². The van der Waals surface area contributed by atoms with Gasteiger partial charge in [0.05, 0.1) is 6.61 Å². The first-order valence-electron chi connectivity index (χ1n) is 4.08. The van der Waals surface area contributed by atoms with Gasteiger partial charge in [-0.25, -0.2) is 0 Å². The molecule has 0 fully saturated rings. The number of hydrogen-bond donors (Lipinski definition) is 0. The van der Waals surface area contributed by atoms with Gasteiger partial charge in [-0.15, -0.1) is 0 Å². The third kappa shape index (κ3) is 7.10. The van der Waals surface area contributed by atoms with E-state index >= 15 is 0 Å². The van der Waals surface area contributed by atoms with Gasteiger partial charge in [-0.05, 0) is 19.8 Å². The van der Waals surface area contributed by atoms with Gasteiger partial charge >= 0.3 is 5.97 Å². The van der Waals surface area contributed by atoms with Crippen LogP contribution in [0.3, 0.4) is 0 Å². The highest BCUT2D eigenvalue weighted by Gasteiger charge is 1.95. The van der Waals surface area contributed by atoms with Gasteiger partial charge in [-0.1, -0.05) is 19.1 Å². The average Bonchev–Trinajstić information content (AvgIpc) is 2.04. The molecular weight excluding hydrogens is 140 g/mol. The number of esters is 1. The summed E-state index contributed by atoms with van der Waals surface area (Å²) in [6.45, 7) is 4.34. The molecule has 0 heterocycles. The minimum Gasteiger partial charge on any atom is -0.466 e. The summed E-state index contributed by atoms with van der Waals surface area (Å²) in [6.07, 6.45) is 6.47. The Balaban J connectivity index is 3.08. The Morgan fingerprint density at radius 2 is 2.27 bits per heavy atom. The van der Waals surface area contributed by atoms with Crippen LogP contribution in [0, 0.1) is 0 Å². The van der Waals surface area contributed by atoms with Crippen LogP contribution >= 0.6 is 0 Å². The summed E-state index contributed by atoms with van der Waals surface area (Å²) in [5.74, 6) is -0.106. The summed E-state index contributed by atoms with van der Waals surface area (Å²) in [6, 6.07) is 0. The van der Waals surface area contributed by atoms with E-state index in [9.17, 15) is 4.79 Å². The van der Waals surface area contributed by atoms with Crippen LogP contribution in [0.2, 0.25) is 0 Å². The van der Waals surface area contributed by atoms with Crippen molar-refractivity contribution in [2.45, 2.75) is 33.1 Å². The highest BCUT2D eigenvalue weighted by molar-refractivity contribution is 5.68. The largest absolute Gasteiger partial charge is 0.466 e. The fourth-order valence-corrected chi connectivity index (χ4v) is 0.656. The maximum Gasteiger partial charge on any atom is 0.305 e. The molecule has 0 unspecified atom stereocenters. The number of carbonyl (C=O) groups excluding carboxylic acids is 1. The number of ether oxygens (including phenoxy) is 1. The fraction of sp³-hybridized carbons (Fsp3) is 0.667. The van der Waals surface area contributed by atoms with Crippen LogP contribution in [-0.2, 0) is 9.53 Å². The van der Waals surface area contributed by atoms with Crippen LogP contribution in [0.15, 0.2) is 12.2 Å². The third-order valence-electron chi connectivity index (χ3n) is 1.30. The average molecular weight is 156 g/mol. The number of hydrogen-bond acceptors (Lipinski definition) is 2. The van der Waals surface area contributed by atoms with Crippen molar-refractivity contribution in [3.8, 4) is 0 Å². The highest BCUT2D eigenvalue weighted by atomic mass is 16.5. The van der Waals surface area contributed by atoms with Crippen molar-refractivity contribution in [1.82, 2.24) is 0 Å². The molecule has 0 spiro atoms. The number of unbranched alkanes of at least 4 members (excludes halogenated alkanes) is 1. The minimum atomic E-state index is -0.106. The van der Waals surface area contributed by atoms with Crippen LogP contribution in [0.5, 0.6) is 0 Å². The fourth-order valence-electron chi connectivity index (χ4n) is 0.656. The molecule has 0 aromatic heterocycles. The summed E-state index contributed by atoms with van der Waals surface area (Å²) >= 11 is 0. The maximum atomic E-state index is 10.6. The topological polar surface area (TPSA) is 26.3 Å². The summed E-state index contributed by atoms with van der Waals surface area (Å²) in [5.41, 5.74) is 0. The second kappa shape index (κ2) is 7.32. The summed E-state index contributed by atoms with van der Waals surface area (Å²) in [7, 11) is 0. The predicted octanol–water partition coefficient (Wildman–Crippen LogP) is 2.30. The zero-order valence-corrected chi connectivity index (χ0v) is 7.30. The molecule has 0 rings (SSSR count). The van der Waals surface area contributed by atoms with Gasteiger partial charge < -0.3 is 4.74 Å². The van der Waals surface area contributed by atoms with E-state index in [0.717, 1.165) is 12.8 Å². The highest BCUT2D eigenvalue weighted by Crippen LogP contribution is 1.93. The lowest BCUT2D eigenvalue weighted by Crippen LogP contribution is -2.03. The molecule has 0 aromatic rings.